The zero-order chi connectivity index (χ0) is 14.3. The molecular weight excluding hydrogens is 242 g/mol. The van der Waals surface area contributed by atoms with E-state index in [1.165, 1.54) is 0 Å². The monoisotopic (exact) mass is 271 g/mol. The average Bonchev–Trinajstić information content (AvgIpc) is 2.36. The standard InChI is InChI=1S/C14H29N3O2/c1-11-5-4-6-12(15)13(11)14(18)16-7-8-17(2)9-10-19-3/h11-13H,4-10,15H2,1-3H3,(H,16,18). The molecule has 3 atom stereocenters. The van der Waals surface area contributed by atoms with Crippen molar-refractivity contribution in [2.75, 3.05) is 40.4 Å². The highest BCUT2D eigenvalue weighted by molar-refractivity contribution is 5.79. The van der Waals surface area contributed by atoms with Gasteiger partial charge in [-0.3, -0.25) is 4.79 Å². The summed E-state index contributed by atoms with van der Waals surface area (Å²) in [5.41, 5.74) is 6.08. The molecule has 0 radical (unpaired) electrons. The zero-order valence-electron chi connectivity index (χ0n) is 12.5. The highest BCUT2D eigenvalue weighted by Gasteiger charge is 2.33. The molecule has 1 rings (SSSR count). The molecule has 1 aliphatic carbocycles. The zero-order valence-corrected chi connectivity index (χ0v) is 12.5. The Balaban J connectivity index is 2.26. The summed E-state index contributed by atoms with van der Waals surface area (Å²) in [6.07, 6.45) is 3.22. The fraction of sp³-hybridized carbons (Fsp3) is 0.929. The smallest absolute Gasteiger partial charge is 0.224 e. The first-order valence-electron chi connectivity index (χ1n) is 7.27. The van der Waals surface area contributed by atoms with Gasteiger partial charge < -0.3 is 20.7 Å². The Morgan fingerprint density at radius 1 is 1.42 bits per heavy atom. The molecule has 19 heavy (non-hydrogen) atoms. The van der Waals surface area contributed by atoms with E-state index in [2.05, 4.69) is 17.1 Å². The highest BCUT2D eigenvalue weighted by atomic mass is 16.5. The number of hydrogen-bond acceptors (Lipinski definition) is 4. The third-order valence-electron chi connectivity index (χ3n) is 4.04. The second kappa shape index (κ2) is 8.51. The maximum atomic E-state index is 12.2. The van der Waals surface area contributed by atoms with Crippen LogP contribution in [0.15, 0.2) is 0 Å². The Morgan fingerprint density at radius 3 is 2.79 bits per heavy atom. The summed E-state index contributed by atoms with van der Waals surface area (Å²) < 4.78 is 5.02. The summed E-state index contributed by atoms with van der Waals surface area (Å²) in [7, 11) is 3.72. The number of nitrogens with zero attached hydrogens (tertiary/aromatic N) is 1. The van der Waals surface area contributed by atoms with E-state index in [9.17, 15) is 4.79 Å². The van der Waals surface area contributed by atoms with Gasteiger partial charge in [-0.2, -0.15) is 0 Å². The topological polar surface area (TPSA) is 67.6 Å². The molecule has 0 heterocycles. The number of nitrogens with one attached hydrogen (secondary N) is 1. The molecule has 1 aliphatic rings. The summed E-state index contributed by atoms with van der Waals surface area (Å²) in [6.45, 7) is 5.25. The number of likely N-dealkylation sites (N-methyl/N-ethyl adjacent to an activating group) is 1. The second-order valence-electron chi connectivity index (χ2n) is 5.68. The van der Waals surface area contributed by atoms with E-state index in [-0.39, 0.29) is 17.9 Å². The van der Waals surface area contributed by atoms with Gasteiger partial charge >= 0.3 is 0 Å². The molecule has 0 aliphatic heterocycles. The Morgan fingerprint density at radius 2 is 2.16 bits per heavy atom. The van der Waals surface area contributed by atoms with Crippen molar-refractivity contribution in [3.05, 3.63) is 0 Å². The normalized spacial score (nSPS) is 27.5. The van der Waals surface area contributed by atoms with Crippen LogP contribution in [0.3, 0.4) is 0 Å². The van der Waals surface area contributed by atoms with Crippen LogP contribution < -0.4 is 11.1 Å². The van der Waals surface area contributed by atoms with Gasteiger partial charge in [-0.05, 0) is 25.8 Å². The van der Waals surface area contributed by atoms with Crippen molar-refractivity contribution in [3.63, 3.8) is 0 Å². The van der Waals surface area contributed by atoms with Gasteiger partial charge in [0, 0.05) is 32.8 Å². The van der Waals surface area contributed by atoms with E-state index in [1.54, 1.807) is 7.11 Å². The fourth-order valence-corrected chi connectivity index (χ4v) is 2.76. The summed E-state index contributed by atoms with van der Waals surface area (Å²) in [4.78, 5) is 14.3. The van der Waals surface area contributed by atoms with Gasteiger partial charge in [0.05, 0.1) is 12.5 Å². The van der Waals surface area contributed by atoms with Gasteiger partial charge in [0.25, 0.3) is 0 Å². The first kappa shape index (κ1) is 16.4. The SMILES string of the molecule is COCCN(C)CCNC(=O)C1C(C)CCCC1N. The first-order chi connectivity index (χ1) is 9.06. The van der Waals surface area contributed by atoms with Crippen molar-refractivity contribution in [2.24, 2.45) is 17.6 Å². The Hall–Kier alpha value is -0.650. The molecule has 1 fully saturated rings. The summed E-state index contributed by atoms with van der Waals surface area (Å²) in [5, 5.41) is 3.02. The fourth-order valence-electron chi connectivity index (χ4n) is 2.76. The predicted molar refractivity (Wildman–Crippen MR) is 76.9 cm³/mol. The van der Waals surface area contributed by atoms with Gasteiger partial charge in [0.2, 0.25) is 5.91 Å². The van der Waals surface area contributed by atoms with Crippen LogP contribution in [-0.4, -0.2) is 57.2 Å². The van der Waals surface area contributed by atoms with E-state index >= 15 is 0 Å². The van der Waals surface area contributed by atoms with E-state index in [0.29, 0.717) is 12.5 Å². The number of amides is 1. The van der Waals surface area contributed by atoms with Crippen molar-refractivity contribution in [1.29, 1.82) is 0 Å². The Kier molecular flexibility index (Phi) is 7.34. The molecule has 0 spiro atoms. The van der Waals surface area contributed by atoms with Gasteiger partial charge in [-0.15, -0.1) is 0 Å². The van der Waals surface area contributed by atoms with Crippen molar-refractivity contribution in [3.8, 4) is 0 Å². The highest BCUT2D eigenvalue weighted by Crippen LogP contribution is 2.28. The molecule has 1 amide bonds. The van der Waals surface area contributed by atoms with Crippen LogP contribution in [0.25, 0.3) is 0 Å². The Labute approximate surface area is 116 Å². The Bertz CT molecular complexity index is 263. The number of methoxy groups -OCH3 is 1. The van der Waals surface area contributed by atoms with Crippen molar-refractivity contribution >= 4 is 5.91 Å². The largest absolute Gasteiger partial charge is 0.383 e. The maximum Gasteiger partial charge on any atom is 0.224 e. The molecule has 5 heteroatoms. The summed E-state index contributed by atoms with van der Waals surface area (Å²) in [5.74, 6) is 0.507. The van der Waals surface area contributed by atoms with Crippen LogP contribution in [0.1, 0.15) is 26.2 Å². The van der Waals surface area contributed by atoms with Crippen LogP contribution >= 0.6 is 0 Å². The molecule has 0 saturated heterocycles. The third-order valence-corrected chi connectivity index (χ3v) is 4.04. The second-order valence-corrected chi connectivity index (χ2v) is 5.68. The molecule has 3 N–H and O–H groups in total. The lowest BCUT2D eigenvalue weighted by Gasteiger charge is -2.33. The minimum atomic E-state index is -0.0157. The lowest BCUT2D eigenvalue weighted by Crippen LogP contribution is -2.48. The van der Waals surface area contributed by atoms with Crippen LogP contribution in [0.4, 0.5) is 0 Å². The van der Waals surface area contributed by atoms with E-state index in [1.807, 2.05) is 7.05 Å². The van der Waals surface area contributed by atoms with E-state index < -0.39 is 0 Å². The van der Waals surface area contributed by atoms with Crippen molar-refractivity contribution in [2.45, 2.75) is 32.2 Å². The van der Waals surface area contributed by atoms with Gasteiger partial charge in [0.1, 0.15) is 0 Å². The number of carbonyl (C=O) groups is 1. The van der Waals surface area contributed by atoms with Gasteiger partial charge in [-0.25, -0.2) is 0 Å². The number of rotatable bonds is 7. The lowest BCUT2D eigenvalue weighted by molar-refractivity contribution is -0.128. The third kappa shape index (κ3) is 5.47. The molecule has 0 aromatic rings. The van der Waals surface area contributed by atoms with E-state index in [4.69, 9.17) is 10.5 Å². The molecular formula is C14H29N3O2. The molecule has 112 valence electrons. The lowest BCUT2D eigenvalue weighted by atomic mass is 9.76. The molecule has 0 bridgehead atoms. The predicted octanol–water partition coefficient (Wildman–Crippen LogP) is 0.444. The number of nitrogens with two attached hydrogens (primary N) is 1. The quantitative estimate of drug-likeness (QED) is 0.705. The minimum absolute atomic E-state index is 0.0157. The number of ether oxygens (including phenoxy) is 1. The summed E-state index contributed by atoms with van der Waals surface area (Å²) >= 11 is 0. The minimum Gasteiger partial charge on any atom is -0.383 e. The van der Waals surface area contributed by atoms with E-state index in [0.717, 1.165) is 39.0 Å². The first-order valence-corrected chi connectivity index (χ1v) is 7.27. The average molecular weight is 271 g/mol. The van der Waals surface area contributed by atoms with Crippen LogP contribution in [0.2, 0.25) is 0 Å². The van der Waals surface area contributed by atoms with Crippen LogP contribution in [0, 0.1) is 11.8 Å². The van der Waals surface area contributed by atoms with Gasteiger partial charge in [-0.1, -0.05) is 13.3 Å². The molecule has 3 unspecified atom stereocenters. The summed E-state index contributed by atoms with van der Waals surface area (Å²) in [6, 6.07) is 0.0231. The molecule has 1 saturated carbocycles. The maximum absolute atomic E-state index is 12.2. The van der Waals surface area contributed by atoms with Crippen molar-refractivity contribution in [1.82, 2.24) is 10.2 Å². The number of carbonyl (C=O) groups excluding carboxylic acids is 1. The van der Waals surface area contributed by atoms with Crippen molar-refractivity contribution < 1.29 is 9.53 Å². The molecule has 0 aromatic carbocycles. The van der Waals surface area contributed by atoms with Crippen LogP contribution in [0.5, 0.6) is 0 Å². The number of hydrogen-bond donors (Lipinski definition) is 2. The molecule has 5 nitrogen and oxygen atoms in total. The van der Waals surface area contributed by atoms with Crippen LogP contribution in [-0.2, 0) is 9.53 Å². The van der Waals surface area contributed by atoms with Gasteiger partial charge in [0.15, 0.2) is 0 Å². The molecule has 0 aromatic heterocycles.